The van der Waals surface area contributed by atoms with Crippen molar-refractivity contribution in [1.29, 1.82) is 0 Å². The summed E-state index contributed by atoms with van der Waals surface area (Å²) < 4.78 is 45.3. The predicted octanol–water partition coefficient (Wildman–Crippen LogP) is 3.40. The highest BCUT2D eigenvalue weighted by Gasteiger charge is 2.15. The van der Waals surface area contributed by atoms with Crippen molar-refractivity contribution >= 4 is 15.5 Å². The minimum absolute atomic E-state index is 0.00850. The maximum Gasteiger partial charge on any atom is 0.220 e. The molecule has 0 saturated heterocycles. The topological polar surface area (TPSA) is 86.5 Å². The molecule has 0 amide bonds. The normalized spacial score (nSPS) is 11.7. The van der Waals surface area contributed by atoms with E-state index in [-0.39, 0.29) is 10.6 Å². The fraction of sp³-hybridized carbons (Fsp3) is 0.150. The van der Waals surface area contributed by atoms with Gasteiger partial charge in [-0.3, -0.25) is 0 Å². The molecule has 7 nitrogen and oxygen atoms in total. The molecular weight excluding hydrogens is 395 g/mol. The number of aromatic nitrogens is 4. The van der Waals surface area contributed by atoms with E-state index in [1.54, 1.807) is 35.7 Å². The van der Waals surface area contributed by atoms with Gasteiger partial charge in [0.05, 0.1) is 35.8 Å². The first-order chi connectivity index (χ1) is 13.9. The molecule has 148 valence electrons. The maximum absolute atomic E-state index is 14.6. The molecule has 2 aromatic carbocycles. The highest BCUT2D eigenvalue weighted by molar-refractivity contribution is 7.91. The van der Waals surface area contributed by atoms with Crippen LogP contribution in [0.15, 0.2) is 59.8 Å². The third-order valence-electron chi connectivity index (χ3n) is 4.66. The van der Waals surface area contributed by atoms with Crippen molar-refractivity contribution in [3.05, 3.63) is 60.7 Å². The number of nitrogens with zero attached hydrogens (tertiary/aromatic N) is 4. The van der Waals surface area contributed by atoms with Crippen LogP contribution in [0.25, 0.3) is 28.0 Å². The van der Waals surface area contributed by atoms with Crippen molar-refractivity contribution in [3.8, 4) is 28.1 Å². The summed E-state index contributed by atoms with van der Waals surface area (Å²) in [6.07, 6.45) is 3.07. The molecule has 4 aromatic rings. The molecule has 9 heteroatoms. The average molecular weight is 412 g/mol. The van der Waals surface area contributed by atoms with E-state index in [4.69, 9.17) is 4.74 Å². The molecule has 0 unspecified atom stereocenters. The summed E-state index contributed by atoms with van der Waals surface area (Å²) in [5, 5.41) is 12.3. The molecule has 4 rings (SSSR count). The lowest BCUT2D eigenvalue weighted by atomic mass is 10.0. The van der Waals surface area contributed by atoms with E-state index in [0.29, 0.717) is 33.8 Å². The summed E-state index contributed by atoms with van der Waals surface area (Å²) in [5.41, 5.74) is 2.65. The van der Waals surface area contributed by atoms with Crippen LogP contribution in [0.1, 0.15) is 6.92 Å². The first kappa shape index (κ1) is 19.0. The van der Waals surface area contributed by atoms with Crippen LogP contribution >= 0.6 is 0 Å². The zero-order chi connectivity index (χ0) is 20.6. The second kappa shape index (κ2) is 7.25. The fourth-order valence-corrected chi connectivity index (χ4v) is 3.93. The number of fused-ring (bicyclic) bond motifs is 1. The highest BCUT2D eigenvalue weighted by Crippen LogP contribution is 2.30. The number of sulfone groups is 1. The Hall–Kier alpha value is -3.33. The number of benzene rings is 2. The van der Waals surface area contributed by atoms with Crippen LogP contribution in [0.2, 0.25) is 0 Å². The zero-order valence-electron chi connectivity index (χ0n) is 15.7. The monoisotopic (exact) mass is 412 g/mol. The molecule has 0 atom stereocenters. The van der Waals surface area contributed by atoms with E-state index < -0.39 is 15.7 Å². The molecule has 0 aliphatic rings. The van der Waals surface area contributed by atoms with Crippen molar-refractivity contribution in [2.75, 3.05) is 12.9 Å². The predicted molar refractivity (Wildman–Crippen MR) is 106 cm³/mol. The molecular formula is C20H17FN4O3S. The van der Waals surface area contributed by atoms with Gasteiger partial charge in [0, 0.05) is 11.1 Å². The quantitative estimate of drug-likeness (QED) is 0.499. The minimum atomic E-state index is -3.32. The fourth-order valence-electron chi connectivity index (χ4n) is 3.04. The lowest BCUT2D eigenvalue weighted by molar-refractivity contribution is 0.418. The number of methoxy groups -OCH3 is 1. The van der Waals surface area contributed by atoms with Gasteiger partial charge in [0.15, 0.2) is 15.6 Å². The van der Waals surface area contributed by atoms with Gasteiger partial charge >= 0.3 is 0 Å². The number of rotatable bonds is 5. The summed E-state index contributed by atoms with van der Waals surface area (Å²) >= 11 is 0. The Balaban J connectivity index is 1.81. The SMILES string of the molecule is CCS(=O)(=O)c1ccc(-c2cc(-c3cnnc4c(OC)cnn34)ccc2F)cc1. The van der Waals surface area contributed by atoms with Crippen molar-refractivity contribution < 1.29 is 17.5 Å². The van der Waals surface area contributed by atoms with Crippen molar-refractivity contribution in [2.45, 2.75) is 11.8 Å². The van der Waals surface area contributed by atoms with Crippen LogP contribution in [0.4, 0.5) is 4.39 Å². The lowest BCUT2D eigenvalue weighted by Gasteiger charge is -2.09. The second-order valence-corrected chi connectivity index (χ2v) is 8.58. The van der Waals surface area contributed by atoms with Gasteiger partial charge in [0.1, 0.15) is 5.82 Å². The van der Waals surface area contributed by atoms with Crippen LogP contribution < -0.4 is 4.74 Å². The molecule has 0 fully saturated rings. The Bertz CT molecular complexity index is 1300. The first-order valence-electron chi connectivity index (χ1n) is 8.81. The van der Waals surface area contributed by atoms with Crippen LogP contribution in [-0.2, 0) is 9.84 Å². The zero-order valence-corrected chi connectivity index (χ0v) is 16.5. The number of ether oxygens (including phenoxy) is 1. The molecule has 29 heavy (non-hydrogen) atoms. The van der Waals surface area contributed by atoms with Gasteiger partial charge in [-0.25, -0.2) is 17.3 Å². The van der Waals surface area contributed by atoms with Gasteiger partial charge in [-0.1, -0.05) is 19.1 Å². The third kappa shape index (κ3) is 3.33. The van der Waals surface area contributed by atoms with Crippen molar-refractivity contribution in [2.24, 2.45) is 0 Å². The van der Waals surface area contributed by atoms with Crippen molar-refractivity contribution in [3.63, 3.8) is 0 Å². The second-order valence-electron chi connectivity index (χ2n) is 6.30. The number of hydrogen-bond acceptors (Lipinski definition) is 6. The van der Waals surface area contributed by atoms with E-state index in [1.807, 2.05) is 0 Å². The summed E-state index contributed by atoms with van der Waals surface area (Å²) in [4.78, 5) is 0.212. The summed E-state index contributed by atoms with van der Waals surface area (Å²) in [6, 6.07) is 10.8. The van der Waals surface area contributed by atoms with Gasteiger partial charge in [-0.15, -0.1) is 5.10 Å². The van der Waals surface area contributed by atoms with E-state index in [0.717, 1.165) is 0 Å². The third-order valence-corrected chi connectivity index (χ3v) is 6.41. The van der Waals surface area contributed by atoms with Crippen LogP contribution in [0.3, 0.4) is 0 Å². The number of hydrogen-bond donors (Lipinski definition) is 0. The smallest absolute Gasteiger partial charge is 0.220 e. The van der Waals surface area contributed by atoms with Crippen LogP contribution in [-0.4, -0.2) is 41.1 Å². The Labute approximate surface area is 166 Å². The van der Waals surface area contributed by atoms with E-state index in [1.165, 1.54) is 37.7 Å². The Morgan fingerprint density at radius 1 is 1.07 bits per heavy atom. The molecule has 2 aromatic heterocycles. The van der Waals surface area contributed by atoms with Crippen molar-refractivity contribution in [1.82, 2.24) is 19.8 Å². The highest BCUT2D eigenvalue weighted by atomic mass is 32.2. The van der Waals surface area contributed by atoms with E-state index in [9.17, 15) is 12.8 Å². The van der Waals surface area contributed by atoms with E-state index >= 15 is 0 Å². The first-order valence-corrected chi connectivity index (χ1v) is 10.5. The van der Waals surface area contributed by atoms with Crippen LogP contribution in [0, 0.1) is 5.82 Å². The standard InChI is InChI=1S/C20H17FN4O3S/c1-3-29(26,27)15-7-4-13(5-8-15)16-10-14(6-9-17(16)21)18-11-22-24-20-19(28-2)12-23-25(18)20/h4-12H,3H2,1-2H3. The molecule has 0 N–H and O–H groups in total. The molecule has 0 bridgehead atoms. The summed E-state index contributed by atoms with van der Waals surface area (Å²) in [7, 11) is -1.80. The largest absolute Gasteiger partial charge is 0.491 e. The minimum Gasteiger partial charge on any atom is -0.491 e. The van der Waals surface area contributed by atoms with Crippen LogP contribution in [0.5, 0.6) is 5.75 Å². The Kier molecular flexibility index (Phi) is 4.75. The van der Waals surface area contributed by atoms with Gasteiger partial charge in [0.2, 0.25) is 5.65 Å². The summed E-state index contributed by atoms with van der Waals surface area (Å²) in [5.74, 6) is 0.0692. The van der Waals surface area contributed by atoms with Gasteiger partial charge < -0.3 is 4.74 Å². The van der Waals surface area contributed by atoms with Gasteiger partial charge in [0.25, 0.3) is 0 Å². The molecule has 0 saturated carbocycles. The molecule has 0 aliphatic heterocycles. The molecule has 0 aliphatic carbocycles. The lowest BCUT2D eigenvalue weighted by Crippen LogP contribution is -2.03. The van der Waals surface area contributed by atoms with E-state index in [2.05, 4.69) is 15.3 Å². The average Bonchev–Trinajstić information content (AvgIpc) is 3.17. The molecule has 0 spiro atoms. The Morgan fingerprint density at radius 3 is 2.48 bits per heavy atom. The van der Waals surface area contributed by atoms with Gasteiger partial charge in [-0.2, -0.15) is 10.2 Å². The number of halogens is 1. The molecule has 0 radical (unpaired) electrons. The molecule has 2 heterocycles. The Morgan fingerprint density at radius 2 is 1.79 bits per heavy atom. The summed E-state index contributed by atoms with van der Waals surface area (Å²) in [6.45, 7) is 1.58. The van der Waals surface area contributed by atoms with Gasteiger partial charge in [-0.05, 0) is 35.9 Å². The maximum atomic E-state index is 14.6.